The van der Waals surface area contributed by atoms with E-state index >= 15 is 0 Å². The first-order valence-corrected chi connectivity index (χ1v) is 8.69. The number of benzene rings is 1. The Labute approximate surface area is 143 Å². The van der Waals surface area contributed by atoms with Gasteiger partial charge in [-0.3, -0.25) is 4.79 Å². The van der Waals surface area contributed by atoms with E-state index in [0.717, 1.165) is 44.0 Å². The quantitative estimate of drug-likeness (QED) is 0.871. The third-order valence-electron chi connectivity index (χ3n) is 4.55. The minimum Gasteiger partial charge on any atom is -0.336 e. The van der Waals surface area contributed by atoms with Crippen LogP contribution >= 0.6 is 0 Å². The summed E-state index contributed by atoms with van der Waals surface area (Å²) in [5.41, 5.74) is 2.54. The Bertz CT molecular complexity index is 693. The van der Waals surface area contributed by atoms with E-state index < -0.39 is 0 Å². The molecule has 0 radical (unpaired) electrons. The van der Waals surface area contributed by atoms with E-state index in [1.165, 1.54) is 0 Å². The fourth-order valence-electron chi connectivity index (χ4n) is 3.01. The summed E-state index contributed by atoms with van der Waals surface area (Å²) in [6.07, 6.45) is 1.01. The summed E-state index contributed by atoms with van der Waals surface area (Å²) in [7, 11) is 2.11. The van der Waals surface area contributed by atoms with Gasteiger partial charge in [0.25, 0.3) is 5.91 Å². The number of para-hydroxylation sites is 1. The lowest BCUT2D eigenvalue weighted by Crippen LogP contribution is -2.35. The third-order valence-corrected chi connectivity index (χ3v) is 4.55. The van der Waals surface area contributed by atoms with Crippen molar-refractivity contribution in [1.82, 2.24) is 19.6 Å². The molecule has 1 aromatic heterocycles. The minimum absolute atomic E-state index is 0.0774. The summed E-state index contributed by atoms with van der Waals surface area (Å²) in [5.74, 6) is 0.366. The number of carbonyl (C=O) groups is 1. The maximum atomic E-state index is 13.1. The van der Waals surface area contributed by atoms with Gasteiger partial charge in [-0.05, 0) is 44.1 Å². The molecule has 1 aromatic carbocycles. The van der Waals surface area contributed by atoms with E-state index in [2.05, 4.69) is 25.8 Å². The van der Waals surface area contributed by atoms with Gasteiger partial charge < -0.3 is 9.80 Å². The molecule has 0 atom stereocenters. The third kappa shape index (κ3) is 3.51. The Balaban J connectivity index is 1.95. The molecule has 2 aromatic rings. The average Bonchev–Trinajstić information content (AvgIpc) is 2.92. The van der Waals surface area contributed by atoms with Crippen LogP contribution in [0.2, 0.25) is 0 Å². The highest BCUT2D eigenvalue weighted by Crippen LogP contribution is 2.20. The highest BCUT2D eigenvalue weighted by atomic mass is 16.2. The lowest BCUT2D eigenvalue weighted by atomic mass is 10.1. The molecule has 0 spiro atoms. The summed E-state index contributed by atoms with van der Waals surface area (Å²) in [4.78, 5) is 17.4. The Morgan fingerprint density at radius 1 is 1.08 bits per heavy atom. The van der Waals surface area contributed by atoms with Crippen LogP contribution in [-0.2, 0) is 0 Å². The van der Waals surface area contributed by atoms with Crippen LogP contribution in [0, 0.1) is 0 Å². The van der Waals surface area contributed by atoms with Gasteiger partial charge in [0.1, 0.15) is 5.69 Å². The number of likely N-dealkylation sites (N-methyl/N-ethyl adjacent to an activating group) is 1. The molecule has 0 aliphatic carbocycles. The number of amides is 1. The highest BCUT2D eigenvalue weighted by molar-refractivity contribution is 5.93. The van der Waals surface area contributed by atoms with Gasteiger partial charge in [-0.2, -0.15) is 5.10 Å². The summed E-state index contributed by atoms with van der Waals surface area (Å²) < 4.78 is 1.80. The van der Waals surface area contributed by atoms with Crippen LogP contribution in [0.25, 0.3) is 5.69 Å². The van der Waals surface area contributed by atoms with Gasteiger partial charge in [-0.1, -0.05) is 32.0 Å². The van der Waals surface area contributed by atoms with Gasteiger partial charge in [0.05, 0.1) is 11.4 Å². The van der Waals surface area contributed by atoms with E-state index in [1.54, 1.807) is 4.68 Å². The standard InChI is InChI=1S/C19H26N4O/c1-15(2)17-14-18(23(20-17)16-8-5-4-6-9-16)19(24)22-11-7-10-21(3)12-13-22/h4-6,8-9,14-15H,7,10-13H2,1-3H3. The normalized spacial score (nSPS) is 16.4. The van der Waals surface area contributed by atoms with Crippen molar-refractivity contribution in [2.24, 2.45) is 0 Å². The number of aromatic nitrogens is 2. The number of rotatable bonds is 3. The van der Waals surface area contributed by atoms with Gasteiger partial charge in [0.2, 0.25) is 0 Å². The molecule has 1 amide bonds. The monoisotopic (exact) mass is 326 g/mol. The van der Waals surface area contributed by atoms with Crippen LogP contribution in [0.15, 0.2) is 36.4 Å². The Morgan fingerprint density at radius 3 is 2.54 bits per heavy atom. The SMILES string of the molecule is CC(C)c1cc(C(=O)N2CCCN(C)CC2)n(-c2ccccc2)n1. The molecular weight excluding hydrogens is 300 g/mol. The van der Waals surface area contributed by atoms with Crippen molar-refractivity contribution < 1.29 is 4.79 Å². The highest BCUT2D eigenvalue weighted by Gasteiger charge is 2.24. The maximum Gasteiger partial charge on any atom is 0.272 e. The zero-order valence-corrected chi connectivity index (χ0v) is 14.8. The molecular formula is C19H26N4O. The van der Waals surface area contributed by atoms with Gasteiger partial charge in [0.15, 0.2) is 0 Å². The molecule has 3 rings (SSSR count). The van der Waals surface area contributed by atoms with Crippen LogP contribution in [0.5, 0.6) is 0 Å². The Kier molecular flexibility index (Phi) is 5.00. The molecule has 5 nitrogen and oxygen atoms in total. The van der Waals surface area contributed by atoms with E-state index in [4.69, 9.17) is 5.10 Å². The fourth-order valence-corrected chi connectivity index (χ4v) is 3.01. The topological polar surface area (TPSA) is 41.4 Å². The minimum atomic E-state index is 0.0774. The molecule has 1 aliphatic heterocycles. The largest absolute Gasteiger partial charge is 0.336 e. The van der Waals surface area contributed by atoms with Crippen molar-refractivity contribution in [2.75, 3.05) is 33.2 Å². The molecule has 2 heterocycles. The Morgan fingerprint density at radius 2 is 1.83 bits per heavy atom. The summed E-state index contributed by atoms with van der Waals surface area (Å²) in [6, 6.07) is 11.9. The first-order chi connectivity index (χ1) is 11.6. The predicted octanol–water partition coefficient (Wildman–Crippen LogP) is 2.77. The molecule has 0 unspecified atom stereocenters. The van der Waals surface area contributed by atoms with Crippen molar-refractivity contribution in [3.8, 4) is 5.69 Å². The van der Waals surface area contributed by atoms with Crippen molar-refractivity contribution in [3.63, 3.8) is 0 Å². The summed E-state index contributed by atoms with van der Waals surface area (Å²) >= 11 is 0. The number of carbonyl (C=O) groups excluding carboxylic acids is 1. The van der Waals surface area contributed by atoms with Crippen molar-refractivity contribution >= 4 is 5.91 Å². The Hall–Kier alpha value is -2.14. The second kappa shape index (κ2) is 7.18. The molecule has 5 heteroatoms. The van der Waals surface area contributed by atoms with Crippen LogP contribution < -0.4 is 0 Å². The second-order valence-electron chi connectivity index (χ2n) is 6.81. The summed E-state index contributed by atoms with van der Waals surface area (Å²) in [6.45, 7) is 7.74. The molecule has 24 heavy (non-hydrogen) atoms. The molecule has 0 bridgehead atoms. The van der Waals surface area contributed by atoms with E-state index in [-0.39, 0.29) is 11.8 Å². The predicted molar refractivity (Wildman–Crippen MR) is 95.7 cm³/mol. The van der Waals surface area contributed by atoms with Gasteiger partial charge in [-0.25, -0.2) is 4.68 Å². The van der Waals surface area contributed by atoms with Crippen LogP contribution in [0.3, 0.4) is 0 Å². The average molecular weight is 326 g/mol. The number of nitrogens with zero attached hydrogens (tertiary/aromatic N) is 4. The van der Waals surface area contributed by atoms with Crippen molar-refractivity contribution in [1.29, 1.82) is 0 Å². The van der Waals surface area contributed by atoms with Gasteiger partial charge in [0, 0.05) is 19.6 Å². The van der Waals surface area contributed by atoms with Crippen molar-refractivity contribution in [2.45, 2.75) is 26.2 Å². The van der Waals surface area contributed by atoms with Crippen LogP contribution in [0.1, 0.15) is 42.4 Å². The molecule has 0 saturated carbocycles. The number of hydrogen-bond acceptors (Lipinski definition) is 3. The van der Waals surface area contributed by atoms with Crippen LogP contribution in [-0.4, -0.2) is 58.7 Å². The fraction of sp³-hybridized carbons (Fsp3) is 0.474. The van der Waals surface area contributed by atoms with E-state index in [1.807, 2.05) is 41.3 Å². The molecule has 1 fully saturated rings. The molecule has 1 saturated heterocycles. The number of hydrogen-bond donors (Lipinski definition) is 0. The molecule has 1 aliphatic rings. The smallest absolute Gasteiger partial charge is 0.272 e. The molecule has 128 valence electrons. The van der Waals surface area contributed by atoms with Crippen LogP contribution in [0.4, 0.5) is 0 Å². The zero-order chi connectivity index (χ0) is 17.1. The van der Waals surface area contributed by atoms with Gasteiger partial charge in [-0.15, -0.1) is 0 Å². The van der Waals surface area contributed by atoms with Gasteiger partial charge >= 0.3 is 0 Å². The lowest BCUT2D eigenvalue weighted by Gasteiger charge is -2.21. The first-order valence-electron chi connectivity index (χ1n) is 8.69. The van der Waals surface area contributed by atoms with E-state index in [0.29, 0.717) is 5.69 Å². The molecule has 0 N–H and O–H groups in total. The first kappa shape index (κ1) is 16.7. The second-order valence-corrected chi connectivity index (χ2v) is 6.81. The van der Waals surface area contributed by atoms with E-state index in [9.17, 15) is 4.79 Å². The maximum absolute atomic E-state index is 13.1. The zero-order valence-electron chi connectivity index (χ0n) is 14.8. The lowest BCUT2D eigenvalue weighted by molar-refractivity contribution is 0.0753. The van der Waals surface area contributed by atoms with Crippen molar-refractivity contribution in [3.05, 3.63) is 47.8 Å². The summed E-state index contributed by atoms with van der Waals surface area (Å²) in [5, 5.41) is 4.69.